The number of carbonyl (C=O) groups excluding carboxylic acids is 1. The third kappa shape index (κ3) is 2.85. The molecule has 1 aromatic carbocycles. The average Bonchev–Trinajstić information content (AvgIpc) is 2.90. The van der Waals surface area contributed by atoms with Gasteiger partial charge in [0, 0.05) is 6.20 Å². The largest absolute Gasteiger partial charge is 0.494 e. The molecule has 0 saturated heterocycles. The number of esters is 1. The molecule has 0 saturated carbocycles. The molecule has 0 atom stereocenters. The van der Waals surface area contributed by atoms with Crippen LogP contribution < -0.4 is 10.5 Å². The summed E-state index contributed by atoms with van der Waals surface area (Å²) in [5.41, 5.74) is 5.32. The van der Waals surface area contributed by atoms with Crippen molar-refractivity contribution in [3.63, 3.8) is 0 Å². The van der Waals surface area contributed by atoms with Crippen molar-refractivity contribution in [1.29, 1.82) is 5.26 Å². The Bertz CT molecular complexity index is 850. The number of ether oxygens (including phenoxy) is 2. The van der Waals surface area contributed by atoms with Crippen molar-refractivity contribution in [3.8, 4) is 17.5 Å². The van der Waals surface area contributed by atoms with Crippen molar-refractivity contribution in [2.45, 2.75) is 6.92 Å². The van der Waals surface area contributed by atoms with E-state index in [1.807, 2.05) is 6.07 Å². The maximum absolute atomic E-state index is 12.0. The highest BCUT2D eigenvalue weighted by Gasteiger charge is 2.26. The van der Waals surface area contributed by atoms with E-state index in [4.69, 9.17) is 15.7 Å². The summed E-state index contributed by atoms with van der Waals surface area (Å²) in [4.78, 5) is 22.8. The van der Waals surface area contributed by atoms with Crippen LogP contribution in [0.1, 0.15) is 23.0 Å². The number of nitrogens with zero attached hydrogens (tertiary/aromatic N) is 3. The lowest BCUT2D eigenvalue weighted by molar-refractivity contribution is -0.384. The van der Waals surface area contributed by atoms with Crippen LogP contribution in [-0.4, -0.2) is 29.2 Å². The molecule has 0 radical (unpaired) electrons. The van der Waals surface area contributed by atoms with E-state index in [1.165, 1.54) is 29.0 Å². The van der Waals surface area contributed by atoms with Gasteiger partial charge in [0.15, 0.2) is 5.69 Å². The van der Waals surface area contributed by atoms with Crippen LogP contribution >= 0.6 is 0 Å². The quantitative estimate of drug-likeness (QED) is 0.503. The molecule has 0 bridgehead atoms. The summed E-state index contributed by atoms with van der Waals surface area (Å²) < 4.78 is 11.1. The zero-order valence-electron chi connectivity index (χ0n) is 13.0. The first-order valence-corrected chi connectivity index (χ1v) is 6.85. The molecule has 2 N–H and O–H groups in total. The van der Waals surface area contributed by atoms with Crippen LogP contribution in [0.2, 0.25) is 0 Å². The fourth-order valence-corrected chi connectivity index (χ4v) is 2.21. The van der Waals surface area contributed by atoms with E-state index in [2.05, 4.69) is 4.74 Å². The Morgan fingerprint density at radius 3 is 2.75 bits per heavy atom. The molecule has 24 heavy (non-hydrogen) atoms. The van der Waals surface area contributed by atoms with Gasteiger partial charge in [0.1, 0.15) is 17.5 Å². The smallest absolute Gasteiger partial charge is 0.357 e. The van der Waals surface area contributed by atoms with Crippen molar-refractivity contribution < 1.29 is 19.2 Å². The number of hydrogen-bond acceptors (Lipinski definition) is 7. The number of nitro benzene ring substituents is 1. The zero-order valence-corrected chi connectivity index (χ0v) is 13.0. The SMILES string of the molecule is CCOc1ccc(-n2cc(C#N)c(N)c2C(=O)OC)c([N+](=O)[O-])c1. The van der Waals surface area contributed by atoms with E-state index < -0.39 is 10.9 Å². The number of nitriles is 1. The molecule has 0 fully saturated rings. The standard InChI is InChI=1S/C15H14N4O5/c1-3-24-10-4-5-11(12(6-10)19(21)22)18-8-9(7-16)13(17)14(18)15(20)23-2/h4-6,8H,3,17H2,1-2H3. The first-order chi connectivity index (χ1) is 11.4. The van der Waals surface area contributed by atoms with Gasteiger partial charge in [-0.05, 0) is 19.1 Å². The number of nitrogen functional groups attached to an aromatic ring is 1. The normalized spacial score (nSPS) is 10.0. The number of benzene rings is 1. The van der Waals surface area contributed by atoms with Crippen LogP contribution in [0, 0.1) is 21.4 Å². The summed E-state index contributed by atoms with van der Waals surface area (Å²) in [6, 6.07) is 6.01. The fraction of sp³-hybridized carbons (Fsp3) is 0.200. The molecule has 9 nitrogen and oxygen atoms in total. The molecule has 0 spiro atoms. The van der Waals surface area contributed by atoms with Gasteiger partial charge in [0.2, 0.25) is 0 Å². The van der Waals surface area contributed by atoms with Gasteiger partial charge < -0.3 is 19.8 Å². The van der Waals surface area contributed by atoms with Gasteiger partial charge in [-0.1, -0.05) is 0 Å². The Labute approximate surface area is 137 Å². The summed E-state index contributed by atoms with van der Waals surface area (Å²) >= 11 is 0. The van der Waals surface area contributed by atoms with Crippen LogP contribution in [0.3, 0.4) is 0 Å². The topological polar surface area (TPSA) is 133 Å². The fourth-order valence-electron chi connectivity index (χ4n) is 2.21. The van der Waals surface area contributed by atoms with Crippen LogP contribution in [-0.2, 0) is 4.74 Å². The lowest BCUT2D eigenvalue weighted by Gasteiger charge is -2.10. The summed E-state index contributed by atoms with van der Waals surface area (Å²) in [6.45, 7) is 2.10. The minimum atomic E-state index is -0.808. The van der Waals surface area contributed by atoms with Crippen LogP contribution in [0.25, 0.3) is 5.69 Å². The van der Waals surface area contributed by atoms with Gasteiger partial charge in [0.25, 0.3) is 5.69 Å². The van der Waals surface area contributed by atoms with Crippen molar-refractivity contribution >= 4 is 17.3 Å². The summed E-state index contributed by atoms with van der Waals surface area (Å²) in [5, 5.41) is 20.5. The van der Waals surface area contributed by atoms with Gasteiger partial charge in [-0.25, -0.2) is 4.79 Å². The number of carbonyl (C=O) groups is 1. The maximum Gasteiger partial charge on any atom is 0.357 e. The molecule has 0 unspecified atom stereocenters. The Morgan fingerprint density at radius 2 is 2.21 bits per heavy atom. The Kier molecular flexibility index (Phi) is 4.70. The third-order valence-electron chi connectivity index (χ3n) is 3.26. The minimum absolute atomic E-state index is 0.0126. The van der Waals surface area contributed by atoms with Crippen LogP contribution in [0.15, 0.2) is 24.4 Å². The molecule has 1 heterocycles. The molecule has 0 aliphatic rings. The molecule has 0 amide bonds. The van der Waals surface area contributed by atoms with Crippen LogP contribution in [0.5, 0.6) is 5.75 Å². The second kappa shape index (κ2) is 6.70. The van der Waals surface area contributed by atoms with Gasteiger partial charge in [-0.3, -0.25) is 10.1 Å². The number of methoxy groups -OCH3 is 1. The van der Waals surface area contributed by atoms with E-state index in [1.54, 1.807) is 6.92 Å². The molecule has 2 rings (SSSR count). The highest BCUT2D eigenvalue weighted by Crippen LogP contribution is 2.32. The number of nitro groups is 1. The van der Waals surface area contributed by atoms with Crippen molar-refractivity contribution in [2.75, 3.05) is 19.5 Å². The molecular formula is C15H14N4O5. The molecule has 124 valence electrons. The minimum Gasteiger partial charge on any atom is -0.494 e. The molecule has 0 aliphatic heterocycles. The number of anilines is 1. The van der Waals surface area contributed by atoms with E-state index >= 15 is 0 Å². The van der Waals surface area contributed by atoms with E-state index in [-0.39, 0.29) is 28.3 Å². The average molecular weight is 330 g/mol. The Hall–Kier alpha value is -3.54. The first-order valence-electron chi connectivity index (χ1n) is 6.85. The maximum atomic E-state index is 12.0. The molecule has 0 aliphatic carbocycles. The van der Waals surface area contributed by atoms with E-state index in [0.29, 0.717) is 12.4 Å². The molecular weight excluding hydrogens is 316 g/mol. The predicted octanol–water partition coefficient (Wildman–Crippen LogP) is 2.02. The lowest BCUT2D eigenvalue weighted by Crippen LogP contribution is -2.12. The molecule has 9 heteroatoms. The zero-order chi connectivity index (χ0) is 17.9. The van der Waals surface area contributed by atoms with Gasteiger partial charge in [-0.2, -0.15) is 5.26 Å². The van der Waals surface area contributed by atoms with Crippen molar-refractivity contribution in [1.82, 2.24) is 4.57 Å². The van der Waals surface area contributed by atoms with E-state index in [9.17, 15) is 14.9 Å². The highest BCUT2D eigenvalue weighted by molar-refractivity contribution is 5.96. The third-order valence-corrected chi connectivity index (χ3v) is 3.26. The Morgan fingerprint density at radius 1 is 1.50 bits per heavy atom. The second-order valence-electron chi connectivity index (χ2n) is 4.62. The predicted molar refractivity (Wildman–Crippen MR) is 84.1 cm³/mol. The highest BCUT2D eigenvalue weighted by atomic mass is 16.6. The number of hydrogen-bond donors (Lipinski definition) is 1. The Balaban J connectivity index is 2.74. The number of aromatic nitrogens is 1. The lowest BCUT2D eigenvalue weighted by atomic mass is 10.2. The van der Waals surface area contributed by atoms with Gasteiger partial charge in [-0.15, -0.1) is 0 Å². The summed E-state index contributed by atoms with van der Waals surface area (Å²) in [6.07, 6.45) is 1.25. The summed E-state index contributed by atoms with van der Waals surface area (Å²) in [7, 11) is 1.15. The molecule has 1 aromatic heterocycles. The second-order valence-corrected chi connectivity index (χ2v) is 4.62. The molecule has 2 aromatic rings. The summed E-state index contributed by atoms with van der Waals surface area (Å²) in [5.74, 6) is -0.495. The van der Waals surface area contributed by atoms with Crippen molar-refractivity contribution in [2.24, 2.45) is 0 Å². The van der Waals surface area contributed by atoms with Crippen molar-refractivity contribution in [3.05, 3.63) is 45.8 Å². The number of nitrogens with two attached hydrogens (primary N) is 1. The van der Waals surface area contributed by atoms with Gasteiger partial charge in [0.05, 0.1) is 36.0 Å². The monoisotopic (exact) mass is 330 g/mol. The van der Waals surface area contributed by atoms with E-state index in [0.717, 1.165) is 7.11 Å². The first kappa shape index (κ1) is 16.8. The van der Waals surface area contributed by atoms with Gasteiger partial charge >= 0.3 is 5.97 Å². The number of rotatable bonds is 5. The van der Waals surface area contributed by atoms with Crippen LogP contribution in [0.4, 0.5) is 11.4 Å².